The summed E-state index contributed by atoms with van der Waals surface area (Å²) >= 11 is 6.40. The summed E-state index contributed by atoms with van der Waals surface area (Å²) in [5.74, 6) is 0.229. The lowest BCUT2D eigenvalue weighted by Crippen LogP contribution is -2.14. The number of halogens is 1. The third-order valence-electron chi connectivity index (χ3n) is 5.18. The first-order valence-electron chi connectivity index (χ1n) is 9.96. The molecule has 0 radical (unpaired) electrons. The molecule has 0 bridgehead atoms. The van der Waals surface area contributed by atoms with Gasteiger partial charge in [-0.3, -0.25) is 4.79 Å². The quantitative estimate of drug-likeness (QED) is 0.503. The van der Waals surface area contributed by atoms with Gasteiger partial charge < -0.3 is 5.32 Å². The Morgan fingerprint density at radius 2 is 2.13 bits per heavy atom. The Morgan fingerprint density at radius 3 is 2.83 bits per heavy atom. The van der Waals surface area contributed by atoms with E-state index in [-0.39, 0.29) is 5.91 Å². The Hall–Kier alpha value is -3.26. The van der Waals surface area contributed by atoms with Crippen LogP contribution in [0.5, 0.6) is 0 Å². The smallest absolute Gasteiger partial charge is 0.256 e. The molecule has 152 valence electrons. The number of carbonyl (C=O) groups excluding carboxylic acids is 1. The number of hydrogen-bond donors (Lipinski definition) is 1. The molecule has 1 aromatic carbocycles. The average Bonchev–Trinajstić information content (AvgIpc) is 3.30. The minimum atomic E-state index is -0.204. The van der Waals surface area contributed by atoms with E-state index in [1.165, 1.54) is 6.33 Å². The van der Waals surface area contributed by atoms with E-state index >= 15 is 0 Å². The Balaban J connectivity index is 1.48. The van der Waals surface area contributed by atoms with E-state index in [0.29, 0.717) is 27.9 Å². The highest BCUT2D eigenvalue weighted by Crippen LogP contribution is 2.40. The van der Waals surface area contributed by atoms with Gasteiger partial charge in [-0.05, 0) is 43.5 Å². The van der Waals surface area contributed by atoms with Crippen molar-refractivity contribution in [3.63, 3.8) is 0 Å². The molecule has 3 aromatic heterocycles. The molecule has 0 spiro atoms. The Bertz CT molecular complexity index is 1230. The van der Waals surface area contributed by atoms with Gasteiger partial charge in [-0.25, -0.2) is 19.3 Å². The molecule has 30 heavy (non-hydrogen) atoms. The fraction of sp³-hybridized carbons (Fsp3) is 0.286. The van der Waals surface area contributed by atoms with Crippen molar-refractivity contribution in [2.45, 2.75) is 38.6 Å². The van der Waals surface area contributed by atoms with Gasteiger partial charge in [0.2, 0.25) is 0 Å². The number of nitrogens with one attached hydrogen (secondary N) is 1. The standard InChI is InChI=1S/C21H20ClN7O/c1-2-7-28-20-16(10-24-28)15(9-18(27-20)13-3-4-13)21(30)26-14-5-6-19(17(22)8-14)29-12-23-11-25-29/h5-6,8-13H,2-4,7H2,1H3,(H,26,30). The molecule has 1 fully saturated rings. The predicted molar refractivity (Wildman–Crippen MR) is 114 cm³/mol. The molecule has 0 atom stereocenters. The zero-order valence-corrected chi connectivity index (χ0v) is 17.2. The molecule has 0 saturated heterocycles. The second-order valence-corrected chi connectivity index (χ2v) is 7.84. The first-order valence-corrected chi connectivity index (χ1v) is 10.3. The first kappa shape index (κ1) is 18.7. The van der Waals surface area contributed by atoms with Gasteiger partial charge in [0.05, 0.1) is 27.9 Å². The number of hydrogen-bond acceptors (Lipinski definition) is 5. The van der Waals surface area contributed by atoms with Crippen LogP contribution >= 0.6 is 11.6 Å². The minimum Gasteiger partial charge on any atom is -0.322 e. The van der Waals surface area contributed by atoms with Crippen LogP contribution in [0.15, 0.2) is 43.1 Å². The normalized spacial score (nSPS) is 13.7. The van der Waals surface area contributed by atoms with E-state index in [1.807, 2.05) is 10.7 Å². The lowest BCUT2D eigenvalue weighted by molar-refractivity contribution is 0.102. The summed E-state index contributed by atoms with van der Waals surface area (Å²) in [6, 6.07) is 7.20. The van der Waals surface area contributed by atoms with Gasteiger partial charge >= 0.3 is 0 Å². The number of fused-ring (bicyclic) bond motifs is 1. The van der Waals surface area contributed by atoms with Crippen LogP contribution < -0.4 is 5.32 Å². The van der Waals surface area contributed by atoms with Crippen molar-refractivity contribution in [2.75, 3.05) is 5.32 Å². The molecular formula is C21H20ClN7O. The fourth-order valence-electron chi connectivity index (χ4n) is 3.52. The maximum atomic E-state index is 13.2. The summed E-state index contributed by atoms with van der Waals surface area (Å²) in [6.45, 7) is 2.86. The van der Waals surface area contributed by atoms with Gasteiger partial charge in [0.25, 0.3) is 5.91 Å². The Morgan fingerprint density at radius 1 is 1.27 bits per heavy atom. The largest absolute Gasteiger partial charge is 0.322 e. The third-order valence-corrected chi connectivity index (χ3v) is 5.48. The van der Waals surface area contributed by atoms with Crippen LogP contribution in [0.2, 0.25) is 5.02 Å². The molecule has 1 aliphatic rings. The number of amides is 1. The van der Waals surface area contributed by atoms with E-state index < -0.39 is 0 Å². The second kappa shape index (κ2) is 7.53. The molecule has 8 nitrogen and oxygen atoms in total. The van der Waals surface area contributed by atoms with Crippen LogP contribution in [0.3, 0.4) is 0 Å². The van der Waals surface area contributed by atoms with Crippen LogP contribution in [-0.2, 0) is 6.54 Å². The third kappa shape index (κ3) is 3.43. The lowest BCUT2D eigenvalue weighted by Gasteiger charge is -2.11. The van der Waals surface area contributed by atoms with E-state index in [9.17, 15) is 4.79 Å². The summed E-state index contributed by atoms with van der Waals surface area (Å²) in [5.41, 5.74) is 3.61. The second-order valence-electron chi connectivity index (χ2n) is 7.43. The zero-order chi connectivity index (χ0) is 20.7. The summed E-state index contributed by atoms with van der Waals surface area (Å²) < 4.78 is 3.45. The van der Waals surface area contributed by atoms with E-state index in [0.717, 1.165) is 42.5 Å². The fourth-order valence-corrected chi connectivity index (χ4v) is 3.79. The zero-order valence-electron chi connectivity index (χ0n) is 16.4. The van der Waals surface area contributed by atoms with Crippen LogP contribution in [0.25, 0.3) is 16.7 Å². The summed E-state index contributed by atoms with van der Waals surface area (Å²) in [6.07, 6.45) is 7.91. The van der Waals surface area contributed by atoms with Gasteiger partial charge in [0.15, 0.2) is 5.65 Å². The Labute approximate surface area is 177 Å². The number of aryl methyl sites for hydroxylation is 1. The first-order chi connectivity index (χ1) is 14.6. The molecule has 3 heterocycles. The number of carbonyl (C=O) groups is 1. The van der Waals surface area contributed by atoms with Gasteiger partial charge in [0.1, 0.15) is 12.7 Å². The number of anilines is 1. The lowest BCUT2D eigenvalue weighted by atomic mass is 10.1. The highest BCUT2D eigenvalue weighted by molar-refractivity contribution is 6.32. The number of nitrogens with zero attached hydrogens (tertiary/aromatic N) is 6. The Kier molecular flexibility index (Phi) is 4.71. The van der Waals surface area contributed by atoms with Crippen molar-refractivity contribution in [1.29, 1.82) is 0 Å². The van der Waals surface area contributed by atoms with Crippen molar-refractivity contribution < 1.29 is 4.79 Å². The molecule has 0 unspecified atom stereocenters. The topological polar surface area (TPSA) is 90.5 Å². The SMILES string of the molecule is CCCn1ncc2c(C(=O)Nc3ccc(-n4cncn4)c(Cl)c3)cc(C3CC3)nc21. The molecule has 1 N–H and O–H groups in total. The molecule has 5 rings (SSSR count). The minimum absolute atomic E-state index is 0.204. The summed E-state index contributed by atoms with van der Waals surface area (Å²) in [7, 11) is 0. The number of pyridine rings is 1. The monoisotopic (exact) mass is 421 g/mol. The molecule has 1 aliphatic carbocycles. The van der Waals surface area contributed by atoms with Gasteiger partial charge in [-0.2, -0.15) is 10.2 Å². The number of benzene rings is 1. The maximum absolute atomic E-state index is 13.2. The van der Waals surface area contributed by atoms with Gasteiger partial charge in [-0.15, -0.1) is 0 Å². The van der Waals surface area contributed by atoms with Crippen molar-refractivity contribution in [1.82, 2.24) is 29.5 Å². The molecule has 0 aliphatic heterocycles. The predicted octanol–water partition coefficient (Wildman–Crippen LogP) is 4.21. The molecule has 9 heteroatoms. The summed E-state index contributed by atoms with van der Waals surface area (Å²) in [4.78, 5) is 21.9. The van der Waals surface area contributed by atoms with Crippen molar-refractivity contribution in [3.05, 3.63) is 59.4 Å². The summed E-state index contributed by atoms with van der Waals surface area (Å²) in [5, 5.41) is 12.7. The van der Waals surface area contributed by atoms with Gasteiger partial charge in [0, 0.05) is 23.8 Å². The van der Waals surface area contributed by atoms with Crippen LogP contribution in [0.1, 0.15) is 48.2 Å². The number of aromatic nitrogens is 6. The van der Waals surface area contributed by atoms with E-state index in [1.54, 1.807) is 35.4 Å². The maximum Gasteiger partial charge on any atom is 0.256 e. The highest BCUT2D eigenvalue weighted by Gasteiger charge is 2.28. The van der Waals surface area contributed by atoms with Crippen molar-refractivity contribution >= 4 is 34.2 Å². The van der Waals surface area contributed by atoms with E-state index in [4.69, 9.17) is 16.6 Å². The molecule has 1 amide bonds. The highest BCUT2D eigenvalue weighted by atomic mass is 35.5. The van der Waals surface area contributed by atoms with Crippen LogP contribution in [0, 0.1) is 0 Å². The van der Waals surface area contributed by atoms with Crippen molar-refractivity contribution in [2.24, 2.45) is 0 Å². The molecule has 1 saturated carbocycles. The van der Waals surface area contributed by atoms with Crippen LogP contribution in [-0.4, -0.2) is 35.4 Å². The van der Waals surface area contributed by atoms with Crippen LogP contribution in [0.4, 0.5) is 5.69 Å². The molecular weight excluding hydrogens is 402 g/mol. The number of rotatable bonds is 6. The van der Waals surface area contributed by atoms with Gasteiger partial charge in [-0.1, -0.05) is 18.5 Å². The average molecular weight is 422 g/mol. The molecule has 4 aromatic rings. The van der Waals surface area contributed by atoms with E-state index in [2.05, 4.69) is 27.4 Å². The van der Waals surface area contributed by atoms with Crippen molar-refractivity contribution in [3.8, 4) is 5.69 Å².